The summed E-state index contributed by atoms with van der Waals surface area (Å²) >= 11 is 0. The molecule has 2 rings (SSSR count). The summed E-state index contributed by atoms with van der Waals surface area (Å²) < 4.78 is 23.0. The molecule has 0 aliphatic rings. The Hall–Kier alpha value is -2.54. The van der Waals surface area contributed by atoms with Gasteiger partial charge in [-0.2, -0.15) is 0 Å². The fourth-order valence-electron chi connectivity index (χ4n) is 2.71. The zero-order valence-electron chi connectivity index (χ0n) is 16.5. The molecule has 0 aromatic heterocycles. The van der Waals surface area contributed by atoms with Crippen LogP contribution in [0.15, 0.2) is 58.4 Å². The third-order valence-corrected chi connectivity index (χ3v) is 5.36. The summed E-state index contributed by atoms with van der Waals surface area (Å²) in [7, 11) is -3.15. The molecule has 152 valence electrons. The second-order valence-electron chi connectivity index (χ2n) is 6.62. The molecule has 0 aliphatic carbocycles. The summed E-state index contributed by atoms with van der Waals surface area (Å²) in [5, 5.41) is 15.8. The normalized spacial score (nSPS) is 12.0. The fraction of sp³-hybridized carbons (Fsp3) is 0.381. The molecule has 0 heterocycles. The second-order valence-corrected chi connectivity index (χ2v) is 8.64. The van der Waals surface area contributed by atoms with Crippen LogP contribution in [-0.2, 0) is 22.7 Å². The highest BCUT2D eigenvalue weighted by molar-refractivity contribution is 7.90. The third-order valence-electron chi connectivity index (χ3n) is 4.23. The first kappa shape index (κ1) is 21.8. The van der Waals surface area contributed by atoms with Crippen LogP contribution in [0.5, 0.6) is 5.75 Å². The first-order valence-electron chi connectivity index (χ1n) is 9.47. The van der Waals surface area contributed by atoms with E-state index in [1.165, 1.54) is 11.8 Å². The smallest absolute Gasteiger partial charge is 0.191 e. The standard InChI is InChI=1S/C21H29N3O3S/c1-3-22-21(23-15-4-5-17-6-10-19(25)11-7-17)24-16-14-18-8-12-20(13-9-18)28(2,26)27/h6-13,25H,3-5,14-16H2,1-2H3,(H2,22,23,24). The quantitative estimate of drug-likeness (QED) is 0.340. The van der Waals surface area contributed by atoms with Crippen molar-refractivity contribution in [2.24, 2.45) is 4.99 Å². The molecule has 2 aromatic carbocycles. The van der Waals surface area contributed by atoms with Crippen molar-refractivity contribution in [1.82, 2.24) is 10.6 Å². The topological polar surface area (TPSA) is 90.8 Å². The molecule has 2 aromatic rings. The molecule has 0 saturated carbocycles. The Morgan fingerprint density at radius 3 is 2.18 bits per heavy atom. The molecule has 3 N–H and O–H groups in total. The predicted molar refractivity (Wildman–Crippen MR) is 114 cm³/mol. The predicted octanol–water partition coefficient (Wildman–Crippen LogP) is 2.53. The van der Waals surface area contributed by atoms with Crippen LogP contribution in [0.4, 0.5) is 0 Å². The lowest BCUT2D eigenvalue weighted by molar-refractivity contribution is 0.475. The number of aryl methyl sites for hydroxylation is 1. The van der Waals surface area contributed by atoms with Crippen LogP contribution in [0, 0.1) is 0 Å². The molecule has 0 amide bonds. The minimum absolute atomic E-state index is 0.284. The maximum atomic E-state index is 11.5. The number of phenolic OH excluding ortho intramolecular Hbond substituents is 1. The van der Waals surface area contributed by atoms with Crippen LogP contribution in [0.2, 0.25) is 0 Å². The lowest BCUT2D eigenvalue weighted by Crippen LogP contribution is -2.38. The van der Waals surface area contributed by atoms with Gasteiger partial charge in [0.1, 0.15) is 5.75 Å². The summed E-state index contributed by atoms with van der Waals surface area (Å²) in [6, 6.07) is 14.2. The first-order chi connectivity index (χ1) is 13.4. The SMILES string of the molecule is CCNC(=NCCCc1ccc(O)cc1)NCCc1ccc(S(C)(=O)=O)cc1. The zero-order valence-corrected chi connectivity index (χ0v) is 17.3. The van der Waals surface area contributed by atoms with Gasteiger partial charge in [-0.1, -0.05) is 24.3 Å². The average molecular weight is 404 g/mol. The van der Waals surface area contributed by atoms with Gasteiger partial charge in [-0.25, -0.2) is 8.42 Å². The summed E-state index contributed by atoms with van der Waals surface area (Å²) in [5.41, 5.74) is 2.26. The average Bonchev–Trinajstić information content (AvgIpc) is 2.66. The Morgan fingerprint density at radius 2 is 1.57 bits per heavy atom. The van der Waals surface area contributed by atoms with Gasteiger partial charge in [0.25, 0.3) is 0 Å². The van der Waals surface area contributed by atoms with E-state index in [4.69, 9.17) is 0 Å². The molecule has 0 bridgehead atoms. The number of benzene rings is 2. The van der Waals surface area contributed by atoms with Crippen LogP contribution < -0.4 is 10.6 Å². The van der Waals surface area contributed by atoms with E-state index in [-0.39, 0.29) is 5.75 Å². The van der Waals surface area contributed by atoms with E-state index >= 15 is 0 Å². The first-order valence-corrected chi connectivity index (χ1v) is 11.4. The van der Waals surface area contributed by atoms with Crippen molar-refractivity contribution in [3.05, 3.63) is 59.7 Å². The molecule has 28 heavy (non-hydrogen) atoms. The number of nitrogens with zero attached hydrogens (tertiary/aromatic N) is 1. The molecule has 0 saturated heterocycles. The molecule has 0 fully saturated rings. The third kappa shape index (κ3) is 7.60. The van der Waals surface area contributed by atoms with Gasteiger partial charge in [0.2, 0.25) is 0 Å². The molecule has 0 radical (unpaired) electrons. The Morgan fingerprint density at radius 1 is 0.964 bits per heavy atom. The van der Waals surface area contributed by atoms with Gasteiger partial charge in [-0.05, 0) is 61.6 Å². The van der Waals surface area contributed by atoms with Crippen molar-refractivity contribution in [2.45, 2.75) is 31.1 Å². The molecule has 0 unspecified atom stereocenters. The number of phenols is 1. The van der Waals surface area contributed by atoms with Crippen molar-refractivity contribution in [2.75, 3.05) is 25.9 Å². The summed E-state index contributed by atoms with van der Waals surface area (Å²) in [5.74, 6) is 1.06. The Bertz CT molecular complexity index is 861. The van der Waals surface area contributed by atoms with E-state index < -0.39 is 9.84 Å². The number of hydrogen-bond donors (Lipinski definition) is 3. The molecular weight excluding hydrogens is 374 g/mol. The minimum atomic E-state index is -3.15. The number of hydrogen-bond acceptors (Lipinski definition) is 4. The monoisotopic (exact) mass is 403 g/mol. The molecule has 7 heteroatoms. The highest BCUT2D eigenvalue weighted by atomic mass is 32.2. The van der Waals surface area contributed by atoms with Crippen molar-refractivity contribution in [1.29, 1.82) is 0 Å². The highest BCUT2D eigenvalue weighted by Gasteiger charge is 2.06. The number of sulfone groups is 1. The summed E-state index contributed by atoms with van der Waals surface area (Å²) in [4.78, 5) is 4.93. The van der Waals surface area contributed by atoms with Gasteiger partial charge < -0.3 is 15.7 Å². The largest absolute Gasteiger partial charge is 0.508 e. The molecule has 0 spiro atoms. The number of nitrogens with one attached hydrogen (secondary N) is 2. The van der Waals surface area contributed by atoms with Gasteiger partial charge in [0.15, 0.2) is 15.8 Å². The van der Waals surface area contributed by atoms with E-state index in [2.05, 4.69) is 15.6 Å². The van der Waals surface area contributed by atoms with Crippen LogP contribution in [0.25, 0.3) is 0 Å². The van der Waals surface area contributed by atoms with Crippen molar-refractivity contribution < 1.29 is 13.5 Å². The maximum Gasteiger partial charge on any atom is 0.191 e. The van der Waals surface area contributed by atoms with Crippen LogP contribution >= 0.6 is 0 Å². The second kappa shape index (κ2) is 10.7. The van der Waals surface area contributed by atoms with E-state index in [1.807, 2.05) is 31.2 Å². The lowest BCUT2D eigenvalue weighted by Gasteiger charge is -2.11. The number of aliphatic imine (C=N–C) groups is 1. The van der Waals surface area contributed by atoms with Gasteiger partial charge in [-0.15, -0.1) is 0 Å². The molecular formula is C21H29N3O3S. The van der Waals surface area contributed by atoms with Crippen LogP contribution in [0.1, 0.15) is 24.5 Å². The van der Waals surface area contributed by atoms with Gasteiger partial charge in [0, 0.05) is 25.9 Å². The molecule has 6 nitrogen and oxygen atoms in total. The van der Waals surface area contributed by atoms with Crippen LogP contribution in [0.3, 0.4) is 0 Å². The van der Waals surface area contributed by atoms with Gasteiger partial charge in [-0.3, -0.25) is 4.99 Å². The summed E-state index contributed by atoms with van der Waals surface area (Å²) in [6.45, 7) is 4.23. The van der Waals surface area contributed by atoms with E-state index in [1.54, 1.807) is 24.3 Å². The number of guanidine groups is 1. The maximum absolute atomic E-state index is 11.5. The van der Waals surface area contributed by atoms with Crippen molar-refractivity contribution >= 4 is 15.8 Å². The summed E-state index contributed by atoms with van der Waals surface area (Å²) in [6.07, 6.45) is 3.83. The van der Waals surface area contributed by atoms with Crippen LogP contribution in [-0.4, -0.2) is 45.4 Å². The van der Waals surface area contributed by atoms with E-state index in [0.29, 0.717) is 18.0 Å². The zero-order chi connectivity index (χ0) is 20.4. The number of rotatable bonds is 9. The Kier molecular flexibility index (Phi) is 8.32. The Balaban J connectivity index is 1.78. The minimum Gasteiger partial charge on any atom is -0.508 e. The fourth-order valence-corrected chi connectivity index (χ4v) is 3.34. The lowest BCUT2D eigenvalue weighted by atomic mass is 10.1. The van der Waals surface area contributed by atoms with Gasteiger partial charge in [0.05, 0.1) is 4.90 Å². The van der Waals surface area contributed by atoms with E-state index in [0.717, 1.165) is 37.3 Å². The molecule has 0 aliphatic heterocycles. The van der Waals surface area contributed by atoms with Crippen molar-refractivity contribution in [3.8, 4) is 5.75 Å². The van der Waals surface area contributed by atoms with Crippen molar-refractivity contribution in [3.63, 3.8) is 0 Å². The highest BCUT2D eigenvalue weighted by Crippen LogP contribution is 2.11. The Labute approximate surface area is 167 Å². The van der Waals surface area contributed by atoms with Gasteiger partial charge >= 0.3 is 0 Å². The molecule has 0 atom stereocenters. The van der Waals surface area contributed by atoms with E-state index in [9.17, 15) is 13.5 Å². The number of aromatic hydroxyl groups is 1.